The molecule has 0 saturated carbocycles. The Balaban J connectivity index is 2.51. The summed E-state index contributed by atoms with van der Waals surface area (Å²) in [6, 6.07) is -0.534. The second-order valence-corrected chi connectivity index (χ2v) is 4.85. The minimum Gasteiger partial charge on any atom is -0.480 e. The molecule has 0 amide bonds. The molecule has 1 heterocycles. The number of carboxylic acids is 1. The molecule has 0 spiro atoms. The molecule has 0 saturated heterocycles. The van der Waals surface area contributed by atoms with Crippen molar-refractivity contribution in [3.8, 4) is 0 Å². The van der Waals surface area contributed by atoms with Gasteiger partial charge in [0.2, 0.25) is 5.95 Å². The van der Waals surface area contributed by atoms with Crippen molar-refractivity contribution in [2.24, 2.45) is 5.92 Å². The van der Waals surface area contributed by atoms with Gasteiger partial charge in [-0.15, -0.1) is 0 Å². The summed E-state index contributed by atoms with van der Waals surface area (Å²) in [5, 5.41) is 15.1. The van der Waals surface area contributed by atoms with E-state index in [2.05, 4.69) is 20.6 Å². The lowest BCUT2D eigenvalue weighted by atomic mass is 10.0. The topological polar surface area (TPSA) is 87.1 Å². The van der Waals surface area contributed by atoms with E-state index in [0.717, 1.165) is 12.1 Å². The van der Waals surface area contributed by atoms with E-state index in [-0.39, 0.29) is 0 Å². The van der Waals surface area contributed by atoms with Crippen molar-refractivity contribution in [3.63, 3.8) is 0 Å². The van der Waals surface area contributed by atoms with Crippen molar-refractivity contribution in [3.05, 3.63) is 18.0 Å². The Morgan fingerprint density at radius 1 is 1.37 bits per heavy atom. The zero-order valence-corrected chi connectivity index (χ0v) is 11.7. The maximum absolute atomic E-state index is 11.1. The van der Waals surface area contributed by atoms with Gasteiger partial charge in [0, 0.05) is 31.0 Å². The molecular formula is C13H22N4O2. The molecule has 6 nitrogen and oxygen atoms in total. The fourth-order valence-corrected chi connectivity index (χ4v) is 1.68. The Labute approximate surface area is 113 Å². The highest BCUT2D eigenvalue weighted by Gasteiger charge is 2.17. The molecule has 1 aromatic heterocycles. The first-order chi connectivity index (χ1) is 9.02. The summed E-state index contributed by atoms with van der Waals surface area (Å²) in [5.41, 5.74) is 0.872. The zero-order valence-electron chi connectivity index (χ0n) is 11.7. The standard InChI is InChI=1S/C13H22N4O2/c1-4-14-13-16-7-10(8-17-13)6-15-11(12(18)19)5-9(2)3/h7-9,11,15H,4-6H2,1-3H3,(H,18,19)(H,14,16,17). The van der Waals surface area contributed by atoms with E-state index >= 15 is 0 Å². The monoisotopic (exact) mass is 266 g/mol. The number of nitrogens with zero attached hydrogens (tertiary/aromatic N) is 2. The van der Waals surface area contributed by atoms with Crippen LogP contribution >= 0.6 is 0 Å². The van der Waals surface area contributed by atoms with E-state index < -0.39 is 12.0 Å². The van der Waals surface area contributed by atoms with Crippen LogP contribution in [0.25, 0.3) is 0 Å². The van der Waals surface area contributed by atoms with E-state index in [1.165, 1.54) is 0 Å². The van der Waals surface area contributed by atoms with Gasteiger partial charge in [-0.25, -0.2) is 9.97 Å². The highest BCUT2D eigenvalue weighted by molar-refractivity contribution is 5.73. The molecule has 106 valence electrons. The number of aromatic nitrogens is 2. The molecule has 0 aromatic carbocycles. The number of carboxylic acid groups (broad SMARTS) is 1. The normalized spacial score (nSPS) is 12.4. The number of hydrogen-bond acceptors (Lipinski definition) is 5. The number of anilines is 1. The van der Waals surface area contributed by atoms with Gasteiger partial charge in [-0.1, -0.05) is 13.8 Å². The fourth-order valence-electron chi connectivity index (χ4n) is 1.68. The summed E-state index contributed by atoms with van der Waals surface area (Å²) < 4.78 is 0. The third kappa shape index (κ3) is 5.65. The van der Waals surface area contributed by atoms with Gasteiger partial charge in [0.25, 0.3) is 0 Å². The van der Waals surface area contributed by atoms with Gasteiger partial charge in [-0.05, 0) is 19.3 Å². The molecule has 19 heavy (non-hydrogen) atoms. The molecule has 1 unspecified atom stereocenters. The van der Waals surface area contributed by atoms with Crippen LogP contribution in [-0.2, 0) is 11.3 Å². The van der Waals surface area contributed by atoms with Crippen molar-refractivity contribution in [1.29, 1.82) is 0 Å². The van der Waals surface area contributed by atoms with Gasteiger partial charge in [0.1, 0.15) is 6.04 Å². The molecular weight excluding hydrogens is 244 g/mol. The summed E-state index contributed by atoms with van der Waals surface area (Å²) >= 11 is 0. The van der Waals surface area contributed by atoms with Gasteiger partial charge in [0.15, 0.2) is 0 Å². The maximum Gasteiger partial charge on any atom is 0.320 e. The first kappa shape index (κ1) is 15.4. The molecule has 0 bridgehead atoms. The van der Waals surface area contributed by atoms with E-state index in [1.54, 1.807) is 12.4 Å². The lowest BCUT2D eigenvalue weighted by molar-refractivity contribution is -0.140. The van der Waals surface area contributed by atoms with E-state index in [4.69, 9.17) is 5.11 Å². The Morgan fingerprint density at radius 3 is 2.47 bits per heavy atom. The summed E-state index contributed by atoms with van der Waals surface area (Å²) in [6.07, 6.45) is 4.00. The Bertz CT molecular complexity index is 392. The molecule has 6 heteroatoms. The third-order valence-corrected chi connectivity index (χ3v) is 2.60. The van der Waals surface area contributed by atoms with E-state index in [0.29, 0.717) is 24.8 Å². The second-order valence-electron chi connectivity index (χ2n) is 4.85. The SMILES string of the molecule is CCNc1ncc(CNC(CC(C)C)C(=O)O)cn1. The van der Waals surface area contributed by atoms with Gasteiger partial charge in [0.05, 0.1) is 0 Å². The van der Waals surface area contributed by atoms with Crippen LogP contribution in [0, 0.1) is 5.92 Å². The molecule has 0 aliphatic carbocycles. The molecule has 1 rings (SSSR count). The third-order valence-electron chi connectivity index (χ3n) is 2.60. The van der Waals surface area contributed by atoms with Crippen molar-refractivity contribution in [1.82, 2.24) is 15.3 Å². The molecule has 1 atom stereocenters. The molecule has 0 aliphatic rings. The van der Waals surface area contributed by atoms with Crippen LogP contribution in [0.4, 0.5) is 5.95 Å². The summed E-state index contributed by atoms with van der Waals surface area (Å²) in [6.45, 7) is 7.21. The van der Waals surface area contributed by atoms with E-state index in [9.17, 15) is 4.79 Å². The first-order valence-corrected chi connectivity index (χ1v) is 6.54. The largest absolute Gasteiger partial charge is 0.480 e. The number of aliphatic carboxylic acids is 1. The molecule has 1 aromatic rings. The highest BCUT2D eigenvalue weighted by Crippen LogP contribution is 2.06. The molecule has 0 fully saturated rings. The average Bonchev–Trinajstić information content (AvgIpc) is 2.36. The van der Waals surface area contributed by atoms with Crippen LogP contribution < -0.4 is 10.6 Å². The lowest BCUT2D eigenvalue weighted by Gasteiger charge is -2.16. The maximum atomic E-state index is 11.1. The number of nitrogens with one attached hydrogen (secondary N) is 2. The smallest absolute Gasteiger partial charge is 0.320 e. The van der Waals surface area contributed by atoms with Crippen LogP contribution in [0.15, 0.2) is 12.4 Å². The minimum atomic E-state index is -0.820. The number of rotatable bonds is 8. The summed E-state index contributed by atoms with van der Waals surface area (Å²) in [4.78, 5) is 19.4. The van der Waals surface area contributed by atoms with Crippen LogP contribution in [-0.4, -0.2) is 33.6 Å². The number of carbonyl (C=O) groups is 1. The molecule has 3 N–H and O–H groups in total. The second kappa shape index (κ2) is 7.68. The fraction of sp³-hybridized carbons (Fsp3) is 0.615. The first-order valence-electron chi connectivity index (χ1n) is 6.54. The van der Waals surface area contributed by atoms with Crippen LogP contribution in [0.3, 0.4) is 0 Å². The predicted octanol–water partition coefficient (Wildman–Crippen LogP) is 1.50. The zero-order chi connectivity index (χ0) is 14.3. The summed E-state index contributed by atoms with van der Waals surface area (Å²) in [7, 11) is 0. The predicted molar refractivity (Wildman–Crippen MR) is 73.9 cm³/mol. The van der Waals surface area contributed by atoms with Crippen molar-refractivity contribution in [2.45, 2.75) is 39.8 Å². The quantitative estimate of drug-likeness (QED) is 0.661. The van der Waals surface area contributed by atoms with Crippen LogP contribution in [0.1, 0.15) is 32.8 Å². The van der Waals surface area contributed by atoms with Crippen molar-refractivity contribution in [2.75, 3.05) is 11.9 Å². The Kier molecular flexibility index (Phi) is 6.21. The van der Waals surface area contributed by atoms with Crippen LogP contribution in [0.2, 0.25) is 0 Å². The van der Waals surface area contributed by atoms with Gasteiger partial charge in [-0.2, -0.15) is 0 Å². The average molecular weight is 266 g/mol. The minimum absolute atomic E-state index is 0.334. The van der Waals surface area contributed by atoms with Gasteiger partial charge in [-0.3, -0.25) is 4.79 Å². The van der Waals surface area contributed by atoms with Crippen molar-refractivity contribution < 1.29 is 9.90 Å². The summed E-state index contributed by atoms with van der Waals surface area (Å²) in [5.74, 6) is 0.100. The Morgan fingerprint density at radius 2 is 2.00 bits per heavy atom. The molecule has 0 aliphatic heterocycles. The van der Waals surface area contributed by atoms with Gasteiger partial charge < -0.3 is 15.7 Å². The van der Waals surface area contributed by atoms with Crippen LogP contribution in [0.5, 0.6) is 0 Å². The Hall–Kier alpha value is -1.69. The van der Waals surface area contributed by atoms with Gasteiger partial charge >= 0.3 is 5.97 Å². The lowest BCUT2D eigenvalue weighted by Crippen LogP contribution is -2.37. The highest BCUT2D eigenvalue weighted by atomic mass is 16.4. The van der Waals surface area contributed by atoms with Crippen molar-refractivity contribution >= 4 is 11.9 Å². The van der Waals surface area contributed by atoms with E-state index in [1.807, 2.05) is 20.8 Å². The molecule has 0 radical (unpaired) electrons. The number of hydrogen-bond donors (Lipinski definition) is 3.